The van der Waals surface area contributed by atoms with Gasteiger partial charge in [0, 0.05) is 41.5 Å². The SMILES string of the molecule is CC(C(=O)NCc1ccc(Cl)cc1)C1CCN(C(=O)c2cc3ccccc3[nH]2)CC1. The van der Waals surface area contributed by atoms with E-state index in [1.54, 1.807) is 0 Å². The summed E-state index contributed by atoms with van der Waals surface area (Å²) in [7, 11) is 0. The number of hydrogen-bond acceptors (Lipinski definition) is 2. The molecule has 2 N–H and O–H groups in total. The number of aromatic amines is 1. The average molecular weight is 424 g/mol. The van der Waals surface area contributed by atoms with Crippen LogP contribution in [0.4, 0.5) is 0 Å². The average Bonchev–Trinajstić information content (AvgIpc) is 3.22. The van der Waals surface area contributed by atoms with E-state index in [0.717, 1.165) is 29.3 Å². The zero-order chi connectivity index (χ0) is 21.1. The summed E-state index contributed by atoms with van der Waals surface area (Å²) < 4.78 is 0. The third-order valence-corrected chi connectivity index (χ3v) is 6.34. The largest absolute Gasteiger partial charge is 0.352 e. The Labute approximate surface area is 181 Å². The van der Waals surface area contributed by atoms with E-state index in [-0.39, 0.29) is 23.7 Å². The molecule has 2 heterocycles. The number of nitrogens with one attached hydrogen (secondary N) is 2. The van der Waals surface area contributed by atoms with Crippen LogP contribution in [0.3, 0.4) is 0 Å². The number of carbonyl (C=O) groups excluding carboxylic acids is 2. The summed E-state index contributed by atoms with van der Waals surface area (Å²) in [6.07, 6.45) is 1.67. The van der Waals surface area contributed by atoms with Crippen molar-refractivity contribution < 1.29 is 9.59 Å². The molecule has 30 heavy (non-hydrogen) atoms. The molecule has 0 aliphatic carbocycles. The number of aromatic nitrogens is 1. The molecule has 2 aromatic carbocycles. The van der Waals surface area contributed by atoms with Crippen molar-refractivity contribution in [2.45, 2.75) is 26.3 Å². The zero-order valence-corrected chi connectivity index (χ0v) is 17.8. The Kier molecular flexibility index (Phi) is 6.09. The van der Waals surface area contributed by atoms with Crippen molar-refractivity contribution in [3.05, 3.63) is 70.9 Å². The molecule has 1 aromatic heterocycles. The van der Waals surface area contributed by atoms with Gasteiger partial charge in [-0.2, -0.15) is 0 Å². The summed E-state index contributed by atoms with van der Waals surface area (Å²) in [5, 5.41) is 4.75. The van der Waals surface area contributed by atoms with Crippen molar-refractivity contribution in [3.63, 3.8) is 0 Å². The zero-order valence-electron chi connectivity index (χ0n) is 17.0. The first-order chi connectivity index (χ1) is 14.5. The predicted molar refractivity (Wildman–Crippen MR) is 119 cm³/mol. The third-order valence-electron chi connectivity index (χ3n) is 6.09. The highest BCUT2D eigenvalue weighted by Gasteiger charge is 2.30. The number of piperidine rings is 1. The Hall–Kier alpha value is -2.79. The van der Waals surface area contributed by atoms with Gasteiger partial charge in [0.25, 0.3) is 5.91 Å². The van der Waals surface area contributed by atoms with Crippen molar-refractivity contribution in [2.24, 2.45) is 11.8 Å². The number of fused-ring (bicyclic) bond motifs is 1. The van der Waals surface area contributed by atoms with Crippen LogP contribution in [0.15, 0.2) is 54.6 Å². The van der Waals surface area contributed by atoms with Gasteiger partial charge < -0.3 is 15.2 Å². The van der Waals surface area contributed by atoms with Crippen molar-refractivity contribution in [1.29, 1.82) is 0 Å². The molecule has 1 saturated heterocycles. The van der Waals surface area contributed by atoms with Crippen molar-refractivity contribution in [2.75, 3.05) is 13.1 Å². The Bertz CT molecular complexity index is 1000. The Balaban J connectivity index is 1.29. The number of H-pyrrole nitrogens is 1. The fourth-order valence-electron chi connectivity index (χ4n) is 4.13. The first kappa shape index (κ1) is 20.5. The van der Waals surface area contributed by atoms with E-state index in [2.05, 4.69) is 10.3 Å². The van der Waals surface area contributed by atoms with Gasteiger partial charge >= 0.3 is 0 Å². The molecule has 1 atom stereocenters. The number of nitrogens with zero attached hydrogens (tertiary/aromatic N) is 1. The molecule has 2 amide bonds. The van der Waals surface area contributed by atoms with Gasteiger partial charge in [-0.05, 0) is 48.6 Å². The van der Waals surface area contributed by atoms with E-state index in [1.165, 1.54) is 0 Å². The van der Waals surface area contributed by atoms with Crippen LogP contribution in [-0.4, -0.2) is 34.8 Å². The second-order valence-corrected chi connectivity index (χ2v) is 8.47. The topological polar surface area (TPSA) is 65.2 Å². The number of para-hydroxylation sites is 1. The molecule has 0 bridgehead atoms. The normalized spacial score (nSPS) is 15.9. The lowest BCUT2D eigenvalue weighted by Gasteiger charge is -2.34. The number of halogens is 1. The fraction of sp³-hybridized carbons (Fsp3) is 0.333. The maximum atomic E-state index is 12.9. The van der Waals surface area contributed by atoms with Gasteiger partial charge in [-0.3, -0.25) is 9.59 Å². The second kappa shape index (κ2) is 8.92. The Morgan fingerprint density at radius 3 is 2.53 bits per heavy atom. The van der Waals surface area contributed by atoms with Gasteiger partial charge in [0.05, 0.1) is 0 Å². The molecule has 1 fully saturated rings. The molecule has 156 valence electrons. The summed E-state index contributed by atoms with van der Waals surface area (Å²) in [4.78, 5) is 30.6. The van der Waals surface area contributed by atoms with E-state index in [0.29, 0.717) is 30.4 Å². The lowest BCUT2D eigenvalue weighted by molar-refractivity contribution is -0.126. The third kappa shape index (κ3) is 4.51. The second-order valence-electron chi connectivity index (χ2n) is 8.03. The number of hydrogen-bond donors (Lipinski definition) is 2. The van der Waals surface area contributed by atoms with E-state index in [9.17, 15) is 9.59 Å². The summed E-state index contributed by atoms with van der Waals surface area (Å²) >= 11 is 5.90. The van der Waals surface area contributed by atoms with Gasteiger partial charge in [-0.25, -0.2) is 0 Å². The first-order valence-corrected chi connectivity index (χ1v) is 10.8. The molecule has 0 spiro atoms. The van der Waals surface area contributed by atoms with Crippen LogP contribution < -0.4 is 5.32 Å². The molecule has 0 radical (unpaired) electrons. The summed E-state index contributed by atoms with van der Waals surface area (Å²) in [6.45, 7) is 3.83. The lowest BCUT2D eigenvalue weighted by Crippen LogP contribution is -2.42. The monoisotopic (exact) mass is 423 g/mol. The van der Waals surface area contributed by atoms with E-state index in [1.807, 2.05) is 66.4 Å². The minimum atomic E-state index is -0.0809. The van der Waals surface area contributed by atoms with Gasteiger partial charge in [0.2, 0.25) is 5.91 Å². The quantitative estimate of drug-likeness (QED) is 0.628. The highest BCUT2D eigenvalue weighted by molar-refractivity contribution is 6.30. The molecular weight excluding hydrogens is 398 g/mol. The van der Waals surface area contributed by atoms with Crippen LogP contribution >= 0.6 is 11.6 Å². The van der Waals surface area contributed by atoms with Crippen LogP contribution in [0.1, 0.15) is 35.8 Å². The minimum absolute atomic E-state index is 0.0319. The maximum Gasteiger partial charge on any atom is 0.270 e. The highest BCUT2D eigenvalue weighted by atomic mass is 35.5. The summed E-state index contributed by atoms with van der Waals surface area (Å²) in [5.41, 5.74) is 2.63. The van der Waals surface area contributed by atoms with Crippen LogP contribution in [0, 0.1) is 11.8 Å². The fourth-order valence-corrected chi connectivity index (χ4v) is 4.25. The van der Waals surface area contributed by atoms with Crippen LogP contribution in [-0.2, 0) is 11.3 Å². The molecule has 1 unspecified atom stereocenters. The first-order valence-electron chi connectivity index (χ1n) is 10.4. The van der Waals surface area contributed by atoms with Crippen molar-refractivity contribution in [1.82, 2.24) is 15.2 Å². The Morgan fingerprint density at radius 1 is 1.13 bits per heavy atom. The Morgan fingerprint density at radius 2 is 1.83 bits per heavy atom. The van der Waals surface area contributed by atoms with Gasteiger partial charge in [-0.15, -0.1) is 0 Å². The van der Waals surface area contributed by atoms with E-state index in [4.69, 9.17) is 11.6 Å². The maximum absolute atomic E-state index is 12.9. The van der Waals surface area contributed by atoms with Crippen molar-refractivity contribution >= 4 is 34.3 Å². The molecule has 4 rings (SSSR count). The van der Waals surface area contributed by atoms with E-state index < -0.39 is 0 Å². The van der Waals surface area contributed by atoms with Gasteiger partial charge in [0.15, 0.2) is 0 Å². The predicted octanol–water partition coefficient (Wildman–Crippen LogP) is 4.63. The molecule has 1 aliphatic rings. The number of likely N-dealkylation sites (tertiary alicyclic amines) is 1. The molecule has 5 nitrogen and oxygen atoms in total. The molecule has 1 aliphatic heterocycles. The summed E-state index contributed by atoms with van der Waals surface area (Å²) in [6, 6.07) is 17.3. The minimum Gasteiger partial charge on any atom is -0.352 e. The van der Waals surface area contributed by atoms with Gasteiger partial charge in [0.1, 0.15) is 5.69 Å². The smallest absolute Gasteiger partial charge is 0.270 e. The number of rotatable bonds is 5. The highest BCUT2D eigenvalue weighted by Crippen LogP contribution is 2.26. The molecule has 3 aromatic rings. The van der Waals surface area contributed by atoms with Gasteiger partial charge in [-0.1, -0.05) is 48.9 Å². The standard InChI is InChI=1S/C24H26ClN3O2/c1-16(23(29)26-15-17-6-8-20(25)9-7-17)18-10-12-28(13-11-18)24(30)22-14-19-4-2-3-5-21(19)27-22/h2-9,14,16,18,27H,10-13,15H2,1H3,(H,26,29). The number of amides is 2. The molecular formula is C24H26ClN3O2. The van der Waals surface area contributed by atoms with E-state index >= 15 is 0 Å². The van der Waals surface area contributed by atoms with Crippen LogP contribution in [0.25, 0.3) is 10.9 Å². The summed E-state index contributed by atoms with van der Waals surface area (Å²) in [5.74, 6) is 0.291. The van der Waals surface area contributed by atoms with Crippen LogP contribution in [0.2, 0.25) is 5.02 Å². The number of carbonyl (C=O) groups is 2. The number of benzene rings is 2. The molecule has 0 saturated carbocycles. The van der Waals surface area contributed by atoms with Crippen LogP contribution in [0.5, 0.6) is 0 Å². The lowest BCUT2D eigenvalue weighted by atomic mass is 9.84. The molecule has 6 heteroatoms. The van der Waals surface area contributed by atoms with Crippen molar-refractivity contribution in [3.8, 4) is 0 Å².